The first-order valence-corrected chi connectivity index (χ1v) is 4.48. The smallest absolute Gasteiger partial charge is 0.203 e. The highest BCUT2D eigenvalue weighted by Gasteiger charge is 2.29. The molecule has 0 bridgehead atoms. The van der Waals surface area contributed by atoms with Crippen LogP contribution in [0.15, 0.2) is 6.07 Å². The van der Waals surface area contributed by atoms with Gasteiger partial charge in [-0.2, -0.15) is 9.65 Å². The Labute approximate surface area is 91.3 Å². The van der Waals surface area contributed by atoms with Gasteiger partial charge in [0.25, 0.3) is 0 Å². The third kappa shape index (κ3) is 1.83. The van der Waals surface area contributed by atoms with Crippen LogP contribution in [0.3, 0.4) is 0 Å². The van der Waals surface area contributed by atoms with Crippen molar-refractivity contribution in [1.82, 2.24) is 0 Å². The van der Waals surface area contributed by atoms with Crippen LogP contribution >= 0.6 is 0 Å². The van der Waals surface area contributed by atoms with E-state index in [-0.39, 0.29) is 5.56 Å². The standard InChI is InChI=1S/C11H10F3NO/c1-11(2,5-15)6-4-7(12)8(13)9(14)10(6)16-3/h4H,1-3H3. The molecule has 0 aliphatic rings. The van der Waals surface area contributed by atoms with Crippen molar-refractivity contribution in [2.45, 2.75) is 19.3 Å². The maximum Gasteiger partial charge on any atom is 0.203 e. The van der Waals surface area contributed by atoms with Crippen LogP contribution in [-0.2, 0) is 5.41 Å². The van der Waals surface area contributed by atoms with E-state index in [1.165, 1.54) is 13.8 Å². The first-order valence-electron chi connectivity index (χ1n) is 4.48. The van der Waals surface area contributed by atoms with Crippen molar-refractivity contribution in [3.8, 4) is 11.8 Å². The first kappa shape index (κ1) is 12.4. The topological polar surface area (TPSA) is 33.0 Å². The SMILES string of the molecule is COc1c(C(C)(C)C#N)cc(F)c(F)c1F. The van der Waals surface area contributed by atoms with Crippen molar-refractivity contribution in [3.63, 3.8) is 0 Å². The second kappa shape index (κ2) is 4.05. The van der Waals surface area contributed by atoms with Gasteiger partial charge in [0.15, 0.2) is 17.4 Å². The lowest BCUT2D eigenvalue weighted by Crippen LogP contribution is -2.17. The summed E-state index contributed by atoms with van der Waals surface area (Å²) in [6.45, 7) is 2.92. The highest BCUT2D eigenvalue weighted by Crippen LogP contribution is 2.35. The zero-order valence-electron chi connectivity index (χ0n) is 9.07. The molecule has 5 heteroatoms. The number of nitrogens with zero attached hydrogens (tertiary/aromatic N) is 1. The van der Waals surface area contributed by atoms with E-state index in [1.807, 2.05) is 6.07 Å². The van der Waals surface area contributed by atoms with Crippen LogP contribution < -0.4 is 4.74 Å². The molecule has 0 amide bonds. The number of nitriles is 1. The Morgan fingerprint density at radius 1 is 1.25 bits per heavy atom. The van der Waals surface area contributed by atoms with E-state index in [4.69, 9.17) is 5.26 Å². The first-order chi connectivity index (χ1) is 7.35. The van der Waals surface area contributed by atoms with Gasteiger partial charge in [-0.05, 0) is 19.9 Å². The number of ether oxygens (including phenoxy) is 1. The molecule has 0 fully saturated rings. The molecule has 0 heterocycles. The largest absolute Gasteiger partial charge is 0.493 e. The fraction of sp³-hybridized carbons (Fsp3) is 0.364. The highest BCUT2D eigenvalue weighted by atomic mass is 19.2. The lowest BCUT2D eigenvalue weighted by atomic mass is 9.85. The lowest BCUT2D eigenvalue weighted by molar-refractivity contribution is 0.350. The molecular weight excluding hydrogens is 219 g/mol. The van der Waals surface area contributed by atoms with Gasteiger partial charge in [0.05, 0.1) is 18.6 Å². The fourth-order valence-electron chi connectivity index (χ4n) is 1.30. The summed E-state index contributed by atoms with van der Waals surface area (Å²) in [4.78, 5) is 0. The van der Waals surface area contributed by atoms with E-state index >= 15 is 0 Å². The predicted octanol–water partition coefficient (Wildman–Crippen LogP) is 2.91. The van der Waals surface area contributed by atoms with Gasteiger partial charge in [-0.3, -0.25) is 0 Å². The third-order valence-corrected chi connectivity index (χ3v) is 2.27. The normalized spacial score (nSPS) is 11.1. The zero-order valence-corrected chi connectivity index (χ0v) is 9.07. The minimum atomic E-state index is -1.60. The molecule has 0 aromatic heterocycles. The van der Waals surface area contributed by atoms with E-state index < -0.39 is 28.6 Å². The highest BCUT2D eigenvalue weighted by molar-refractivity contribution is 5.44. The van der Waals surface area contributed by atoms with Gasteiger partial charge in [0.1, 0.15) is 0 Å². The molecule has 1 rings (SSSR count). The Bertz CT molecular complexity index is 463. The number of halogens is 3. The van der Waals surface area contributed by atoms with Crippen LogP contribution in [0.25, 0.3) is 0 Å². The van der Waals surface area contributed by atoms with Crippen molar-refractivity contribution in [2.75, 3.05) is 7.11 Å². The summed E-state index contributed by atoms with van der Waals surface area (Å²) >= 11 is 0. The molecule has 0 saturated carbocycles. The maximum absolute atomic E-state index is 13.3. The van der Waals surface area contributed by atoms with Crippen molar-refractivity contribution in [2.24, 2.45) is 0 Å². The van der Waals surface area contributed by atoms with Gasteiger partial charge in [-0.1, -0.05) is 0 Å². The number of methoxy groups -OCH3 is 1. The molecule has 1 aromatic rings. The van der Waals surface area contributed by atoms with Crippen molar-refractivity contribution < 1.29 is 17.9 Å². The Kier molecular flexibility index (Phi) is 3.13. The van der Waals surface area contributed by atoms with E-state index in [0.29, 0.717) is 0 Å². The van der Waals surface area contributed by atoms with E-state index in [1.54, 1.807) is 0 Å². The van der Waals surface area contributed by atoms with Gasteiger partial charge in [0, 0.05) is 5.56 Å². The summed E-state index contributed by atoms with van der Waals surface area (Å²) in [6, 6.07) is 2.65. The molecule has 1 aromatic carbocycles. The number of hydrogen-bond donors (Lipinski definition) is 0. The molecular formula is C11H10F3NO. The minimum absolute atomic E-state index is 0.0195. The van der Waals surface area contributed by atoms with Crippen molar-refractivity contribution in [3.05, 3.63) is 29.1 Å². The van der Waals surface area contributed by atoms with E-state index in [2.05, 4.69) is 4.74 Å². The number of benzene rings is 1. The van der Waals surface area contributed by atoms with Crippen LogP contribution in [0.2, 0.25) is 0 Å². The van der Waals surface area contributed by atoms with Gasteiger partial charge in [-0.25, -0.2) is 8.78 Å². The van der Waals surface area contributed by atoms with Gasteiger partial charge < -0.3 is 4.74 Å². The molecule has 0 aliphatic carbocycles. The van der Waals surface area contributed by atoms with Crippen LogP contribution in [-0.4, -0.2) is 7.11 Å². The molecule has 0 saturated heterocycles. The summed E-state index contributed by atoms with van der Waals surface area (Å²) in [7, 11) is 1.13. The summed E-state index contributed by atoms with van der Waals surface area (Å²) in [6.07, 6.45) is 0. The lowest BCUT2D eigenvalue weighted by Gasteiger charge is -2.19. The minimum Gasteiger partial charge on any atom is -0.493 e. The number of rotatable bonds is 2. The van der Waals surface area contributed by atoms with Gasteiger partial charge >= 0.3 is 0 Å². The molecule has 0 N–H and O–H groups in total. The number of hydrogen-bond acceptors (Lipinski definition) is 2. The molecule has 0 aliphatic heterocycles. The zero-order chi connectivity index (χ0) is 12.5. The van der Waals surface area contributed by atoms with Crippen LogP contribution in [0, 0.1) is 28.8 Å². The average Bonchev–Trinajstić information content (AvgIpc) is 2.25. The maximum atomic E-state index is 13.3. The second-order valence-electron chi connectivity index (χ2n) is 3.80. The van der Waals surface area contributed by atoms with Crippen LogP contribution in [0.1, 0.15) is 19.4 Å². The van der Waals surface area contributed by atoms with E-state index in [9.17, 15) is 13.2 Å². The Balaban J connectivity index is 3.59. The summed E-state index contributed by atoms with van der Waals surface area (Å²) in [5.74, 6) is -4.79. The Morgan fingerprint density at radius 3 is 2.25 bits per heavy atom. The molecule has 2 nitrogen and oxygen atoms in total. The third-order valence-electron chi connectivity index (χ3n) is 2.27. The monoisotopic (exact) mass is 229 g/mol. The molecule has 86 valence electrons. The second-order valence-corrected chi connectivity index (χ2v) is 3.80. The van der Waals surface area contributed by atoms with Gasteiger partial charge in [0.2, 0.25) is 5.82 Å². The molecule has 0 atom stereocenters. The van der Waals surface area contributed by atoms with Crippen LogP contribution in [0.5, 0.6) is 5.75 Å². The predicted molar refractivity (Wildman–Crippen MR) is 51.5 cm³/mol. The quantitative estimate of drug-likeness (QED) is 0.730. The summed E-state index contributed by atoms with van der Waals surface area (Å²) in [5.41, 5.74) is -1.19. The van der Waals surface area contributed by atoms with Crippen molar-refractivity contribution in [1.29, 1.82) is 5.26 Å². The molecule has 16 heavy (non-hydrogen) atoms. The van der Waals surface area contributed by atoms with Crippen LogP contribution in [0.4, 0.5) is 13.2 Å². The summed E-state index contributed by atoms with van der Waals surface area (Å²) < 4.78 is 44.0. The van der Waals surface area contributed by atoms with Crippen molar-refractivity contribution >= 4 is 0 Å². The fourth-order valence-corrected chi connectivity index (χ4v) is 1.30. The Hall–Kier alpha value is -1.70. The molecule has 0 radical (unpaired) electrons. The molecule has 0 unspecified atom stereocenters. The van der Waals surface area contributed by atoms with E-state index in [0.717, 1.165) is 13.2 Å². The average molecular weight is 229 g/mol. The molecule has 0 spiro atoms. The van der Waals surface area contributed by atoms with Gasteiger partial charge in [-0.15, -0.1) is 0 Å². The Morgan fingerprint density at radius 2 is 1.81 bits per heavy atom. The summed E-state index contributed by atoms with van der Waals surface area (Å²) in [5, 5.41) is 8.87.